The molecule has 2 aromatic carbocycles. The molecular weight excluding hydrogens is 350 g/mol. The quantitative estimate of drug-likeness (QED) is 0.488. The first-order valence-corrected chi connectivity index (χ1v) is 9.15. The van der Waals surface area contributed by atoms with E-state index in [1.807, 2.05) is 30.3 Å². The fourth-order valence-electron chi connectivity index (χ4n) is 2.51. The lowest BCUT2D eigenvalue weighted by Gasteiger charge is -2.06. The summed E-state index contributed by atoms with van der Waals surface area (Å²) >= 11 is 1.25. The molecule has 3 rings (SSSR count). The zero-order valence-electron chi connectivity index (χ0n) is 14.3. The predicted molar refractivity (Wildman–Crippen MR) is 101 cm³/mol. The molecule has 0 saturated carbocycles. The number of methoxy groups -OCH3 is 1. The Hall–Kier alpha value is -2.80. The van der Waals surface area contributed by atoms with Crippen LogP contribution in [-0.4, -0.2) is 33.4 Å². The van der Waals surface area contributed by atoms with Gasteiger partial charge >= 0.3 is 5.69 Å². The van der Waals surface area contributed by atoms with Gasteiger partial charge in [0.15, 0.2) is 10.9 Å². The Balaban J connectivity index is 1.65. The molecule has 0 unspecified atom stereocenters. The Morgan fingerprint density at radius 2 is 2.00 bits per heavy atom. The summed E-state index contributed by atoms with van der Waals surface area (Å²) in [5.74, 6) is 0.794. The number of hydrogen-bond donors (Lipinski definition) is 1. The van der Waals surface area contributed by atoms with Crippen molar-refractivity contribution in [2.75, 3.05) is 12.9 Å². The molecule has 0 radical (unpaired) electrons. The summed E-state index contributed by atoms with van der Waals surface area (Å²) in [5, 5.41) is 7.02. The molecule has 0 amide bonds. The average Bonchev–Trinajstić information content (AvgIpc) is 3.04. The van der Waals surface area contributed by atoms with Crippen molar-refractivity contribution in [3.63, 3.8) is 0 Å². The van der Waals surface area contributed by atoms with E-state index in [2.05, 4.69) is 10.2 Å². The van der Waals surface area contributed by atoms with Gasteiger partial charge in [-0.3, -0.25) is 9.36 Å². The molecule has 0 aliphatic heterocycles. The second-order valence-electron chi connectivity index (χ2n) is 5.64. The van der Waals surface area contributed by atoms with Gasteiger partial charge in [-0.1, -0.05) is 54.2 Å². The highest BCUT2D eigenvalue weighted by Gasteiger charge is 2.13. The van der Waals surface area contributed by atoms with Crippen molar-refractivity contribution in [2.45, 2.75) is 18.1 Å². The Morgan fingerprint density at radius 1 is 1.19 bits per heavy atom. The third kappa shape index (κ3) is 4.43. The van der Waals surface area contributed by atoms with Gasteiger partial charge in [-0.25, -0.2) is 9.89 Å². The molecule has 0 aliphatic carbocycles. The second-order valence-corrected chi connectivity index (χ2v) is 6.58. The molecule has 0 saturated heterocycles. The Morgan fingerprint density at radius 3 is 2.77 bits per heavy atom. The summed E-state index contributed by atoms with van der Waals surface area (Å²) in [4.78, 5) is 24.4. The summed E-state index contributed by atoms with van der Waals surface area (Å²) < 4.78 is 6.71. The molecule has 7 heteroatoms. The standard InChI is InChI=1S/C19H19N3O3S/c1-25-16-9-5-8-15(12-16)17(23)13-26-19-21-20-18(24)22(19)11-10-14-6-3-2-4-7-14/h2-9,12H,10-11,13H2,1H3,(H,20,24). The minimum absolute atomic E-state index is 0.0426. The number of hydrogen-bond acceptors (Lipinski definition) is 5. The molecule has 0 fully saturated rings. The summed E-state index contributed by atoms with van der Waals surface area (Å²) in [6.45, 7) is 0.509. The van der Waals surface area contributed by atoms with Crippen LogP contribution in [0.3, 0.4) is 0 Å². The van der Waals surface area contributed by atoms with Gasteiger partial charge in [0.2, 0.25) is 0 Å². The zero-order chi connectivity index (χ0) is 18.4. The molecule has 26 heavy (non-hydrogen) atoms. The SMILES string of the molecule is COc1cccc(C(=O)CSc2n[nH]c(=O)n2CCc2ccccc2)c1. The number of nitrogens with one attached hydrogen (secondary N) is 1. The molecule has 0 atom stereocenters. The number of H-pyrrole nitrogens is 1. The average molecular weight is 369 g/mol. The van der Waals surface area contributed by atoms with Gasteiger partial charge in [0.25, 0.3) is 0 Å². The molecule has 1 aromatic heterocycles. The minimum atomic E-state index is -0.266. The van der Waals surface area contributed by atoms with Crippen LogP contribution < -0.4 is 10.4 Å². The highest BCUT2D eigenvalue weighted by atomic mass is 32.2. The largest absolute Gasteiger partial charge is 0.497 e. The van der Waals surface area contributed by atoms with Crippen molar-refractivity contribution < 1.29 is 9.53 Å². The number of nitrogens with zero attached hydrogens (tertiary/aromatic N) is 2. The van der Waals surface area contributed by atoms with Crippen LogP contribution in [-0.2, 0) is 13.0 Å². The van der Waals surface area contributed by atoms with Crippen molar-refractivity contribution in [1.29, 1.82) is 0 Å². The fraction of sp³-hybridized carbons (Fsp3) is 0.211. The van der Waals surface area contributed by atoms with E-state index in [4.69, 9.17) is 4.74 Å². The van der Waals surface area contributed by atoms with Crippen molar-refractivity contribution in [1.82, 2.24) is 14.8 Å². The van der Waals surface area contributed by atoms with Crippen LogP contribution in [0.15, 0.2) is 64.5 Å². The van der Waals surface area contributed by atoms with E-state index in [9.17, 15) is 9.59 Å². The number of ketones is 1. The monoisotopic (exact) mass is 369 g/mol. The molecule has 0 bridgehead atoms. The van der Waals surface area contributed by atoms with E-state index in [-0.39, 0.29) is 17.2 Å². The third-order valence-corrected chi connectivity index (χ3v) is 4.89. The zero-order valence-corrected chi connectivity index (χ0v) is 15.2. The summed E-state index contributed by atoms with van der Waals surface area (Å²) in [5.41, 5.74) is 1.45. The van der Waals surface area contributed by atoms with Crippen molar-refractivity contribution in [3.05, 3.63) is 76.2 Å². The summed E-state index contributed by atoms with van der Waals surface area (Å²) in [6, 6.07) is 17.0. The molecule has 3 aromatic rings. The minimum Gasteiger partial charge on any atom is -0.497 e. The van der Waals surface area contributed by atoms with E-state index in [0.717, 1.165) is 12.0 Å². The molecular formula is C19H19N3O3S. The topological polar surface area (TPSA) is 77.0 Å². The lowest BCUT2D eigenvalue weighted by molar-refractivity contribution is 0.102. The van der Waals surface area contributed by atoms with Crippen LogP contribution in [0.5, 0.6) is 5.75 Å². The van der Waals surface area contributed by atoms with Crippen LogP contribution in [0.4, 0.5) is 0 Å². The highest BCUT2D eigenvalue weighted by Crippen LogP contribution is 2.18. The highest BCUT2D eigenvalue weighted by molar-refractivity contribution is 7.99. The van der Waals surface area contributed by atoms with Gasteiger partial charge in [0.05, 0.1) is 12.9 Å². The lowest BCUT2D eigenvalue weighted by Crippen LogP contribution is -2.19. The Kier molecular flexibility index (Phi) is 5.91. The lowest BCUT2D eigenvalue weighted by atomic mass is 10.1. The Bertz CT molecular complexity index is 934. The number of aryl methyl sites for hydroxylation is 1. The number of ether oxygens (including phenoxy) is 1. The summed E-state index contributed by atoms with van der Waals surface area (Å²) in [7, 11) is 1.56. The van der Waals surface area contributed by atoms with Crippen LogP contribution in [0.1, 0.15) is 15.9 Å². The van der Waals surface area contributed by atoms with Crippen LogP contribution in [0.25, 0.3) is 0 Å². The number of Topliss-reactive ketones (excluding diaryl/α,β-unsaturated/α-hetero) is 1. The number of thioether (sulfide) groups is 1. The van der Waals surface area contributed by atoms with Gasteiger partial charge in [0, 0.05) is 12.1 Å². The molecule has 134 valence electrons. The van der Waals surface area contributed by atoms with E-state index in [0.29, 0.717) is 23.0 Å². The van der Waals surface area contributed by atoms with Gasteiger partial charge in [-0.05, 0) is 24.1 Å². The first kappa shape index (κ1) is 18.0. The predicted octanol–water partition coefficient (Wildman–Crippen LogP) is 2.80. The van der Waals surface area contributed by atoms with E-state index < -0.39 is 0 Å². The van der Waals surface area contributed by atoms with Crippen LogP contribution >= 0.6 is 11.8 Å². The van der Waals surface area contributed by atoms with E-state index >= 15 is 0 Å². The number of rotatable bonds is 8. The number of carbonyl (C=O) groups excluding carboxylic acids is 1. The fourth-order valence-corrected chi connectivity index (χ4v) is 3.37. The van der Waals surface area contributed by atoms with Crippen molar-refractivity contribution >= 4 is 17.5 Å². The van der Waals surface area contributed by atoms with Gasteiger partial charge in [-0.2, -0.15) is 0 Å². The normalized spacial score (nSPS) is 10.7. The second kappa shape index (κ2) is 8.53. The van der Waals surface area contributed by atoms with Crippen molar-refractivity contribution in [3.8, 4) is 5.75 Å². The number of benzene rings is 2. The maximum Gasteiger partial charge on any atom is 0.343 e. The maximum absolute atomic E-state index is 12.4. The van der Waals surface area contributed by atoms with Gasteiger partial charge in [0.1, 0.15) is 5.75 Å². The van der Waals surface area contributed by atoms with Gasteiger partial charge in [-0.15, -0.1) is 5.10 Å². The van der Waals surface area contributed by atoms with E-state index in [1.54, 1.807) is 35.9 Å². The van der Waals surface area contributed by atoms with E-state index in [1.165, 1.54) is 11.8 Å². The van der Waals surface area contributed by atoms with Crippen LogP contribution in [0.2, 0.25) is 0 Å². The first-order valence-electron chi connectivity index (χ1n) is 8.16. The third-order valence-electron chi connectivity index (χ3n) is 3.91. The maximum atomic E-state index is 12.4. The molecule has 1 N–H and O–H groups in total. The van der Waals surface area contributed by atoms with Crippen LogP contribution in [0, 0.1) is 0 Å². The first-order chi connectivity index (χ1) is 12.7. The molecule has 6 nitrogen and oxygen atoms in total. The van der Waals surface area contributed by atoms with Crippen molar-refractivity contribution in [2.24, 2.45) is 0 Å². The smallest absolute Gasteiger partial charge is 0.343 e. The number of carbonyl (C=O) groups is 1. The van der Waals surface area contributed by atoms with Gasteiger partial charge < -0.3 is 4.74 Å². The molecule has 1 heterocycles. The molecule has 0 spiro atoms. The Labute approximate surface area is 155 Å². The molecule has 0 aliphatic rings. The summed E-state index contributed by atoms with van der Waals surface area (Å²) in [6.07, 6.45) is 0.720. The number of aromatic nitrogens is 3. The number of aromatic amines is 1.